The highest BCUT2D eigenvalue weighted by atomic mass is 79.9. The predicted octanol–water partition coefficient (Wildman–Crippen LogP) is 4.24. The number of nitrogen functional groups attached to an aromatic ring is 1. The van der Waals surface area contributed by atoms with Gasteiger partial charge in [-0.2, -0.15) is 0 Å². The molecule has 0 amide bonds. The number of anilines is 3. The van der Waals surface area contributed by atoms with E-state index in [2.05, 4.69) is 37.2 Å². The molecule has 2 aromatic carbocycles. The normalized spacial score (nSPS) is 10.2. The van der Waals surface area contributed by atoms with Gasteiger partial charge in [0, 0.05) is 14.6 Å². The van der Waals surface area contributed by atoms with Crippen LogP contribution in [0.5, 0.6) is 0 Å². The van der Waals surface area contributed by atoms with Crippen molar-refractivity contribution in [3.63, 3.8) is 0 Å². The zero-order valence-electron chi connectivity index (χ0n) is 9.65. The van der Waals surface area contributed by atoms with E-state index < -0.39 is 5.97 Å². The van der Waals surface area contributed by atoms with Crippen molar-refractivity contribution in [1.29, 1.82) is 0 Å². The Morgan fingerprint density at radius 3 is 2.37 bits per heavy atom. The van der Waals surface area contributed by atoms with Gasteiger partial charge in [-0.3, -0.25) is 0 Å². The Labute approximate surface area is 126 Å². The van der Waals surface area contributed by atoms with Crippen LogP contribution in [0.2, 0.25) is 0 Å². The molecule has 6 heteroatoms. The smallest absolute Gasteiger partial charge is 0.337 e. The first-order chi connectivity index (χ1) is 8.99. The summed E-state index contributed by atoms with van der Waals surface area (Å²) >= 11 is 6.83. The summed E-state index contributed by atoms with van der Waals surface area (Å²) in [5, 5.41) is 12.2. The quantitative estimate of drug-likeness (QED) is 0.691. The first-order valence-electron chi connectivity index (χ1n) is 5.33. The van der Waals surface area contributed by atoms with E-state index >= 15 is 0 Å². The van der Waals surface area contributed by atoms with E-state index in [1.54, 1.807) is 12.1 Å². The van der Waals surface area contributed by atoms with E-state index in [1.807, 2.05) is 18.2 Å². The fraction of sp³-hybridized carbons (Fsp3) is 0. The number of carboxylic acids is 1. The molecule has 0 radical (unpaired) electrons. The third kappa shape index (κ3) is 3.08. The van der Waals surface area contributed by atoms with E-state index in [-0.39, 0.29) is 5.56 Å². The van der Waals surface area contributed by atoms with Crippen LogP contribution in [-0.2, 0) is 0 Å². The second-order valence-corrected chi connectivity index (χ2v) is 5.54. The monoisotopic (exact) mass is 384 g/mol. The fourth-order valence-electron chi connectivity index (χ4n) is 1.60. The lowest BCUT2D eigenvalue weighted by molar-refractivity contribution is 0.0698. The second kappa shape index (κ2) is 5.63. The molecular weight excluding hydrogens is 376 g/mol. The van der Waals surface area contributed by atoms with E-state index in [4.69, 9.17) is 10.8 Å². The van der Waals surface area contributed by atoms with E-state index in [1.165, 1.54) is 6.07 Å². The van der Waals surface area contributed by atoms with Crippen molar-refractivity contribution in [2.75, 3.05) is 11.1 Å². The van der Waals surface area contributed by atoms with Gasteiger partial charge >= 0.3 is 5.97 Å². The Kier molecular flexibility index (Phi) is 4.11. The van der Waals surface area contributed by atoms with Gasteiger partial charge in [0.15, 0.2) is 0 Å². The Morgan fingerprint density at radius 2 is 1.79 bits per heavy atom. The minimum absolute atomic E-state index is 0.164. The molecule has 19 heavy (non-hydrogen) atoms. The molecule has 98 valence electrons. The van der Waals surface area contributed by atoms with Gasteiger partial charge in [0.25, 0.3) is 0 Å². The first-order valence-corrected chi connectivity index (χ1v) is 6.91. The highest BCUT2D eigenvalue weighted by Crippen LogP contribution is 2.34. The van der Waals surface area contributed by atoms with Crippen molar-refractivity contribution in [3.8, 4) is 0 Å². The highest BCUT2D eigenvalue weighted by Gasteiger charge is 2.13. The maximum atomic E-state index is 11.2. The summed E-state index contributed by atoms with van der Waals surface area (Å²) in [5.41, 5.74) is 7.55. The van der Waals surface area contributed by atoms with Crippen LogP contribution >= 0.6 is 31.9 Å². The summed E-state index contributed by atoms with van der Waals surface area (Å²) in [6.45, 7) is 0. The zero-order valence-corrected chi connectivity index (χ0v) is 12.8. The lowest BCUT2D eigenvalue weighted by Crippen LogP contribution is -2.04. The molecule has 0 unspecified atom stereocenters. The third-order valence-corrected chi connectivity index (χ3v) is 3.82. The van der Waals surface area contributed by atoms with Crippen molar-refractivity contribution in [2.24, 2.45) is 0 Å². The van der Waals surface area contributed by atoms with Crippen LogP contribution in [0.15, 0.2) is 45.3 Å². The number of carboxylic acid groups (broad SMARTS) is 1. The lowest BCUT2D eigenvalue weighted by Gasteiger charge is -2.13. The standard InChI is InChI=1S/C13H10Br2N2O2/c14-9-2-1-3-10(15)12(9)17-11-6-7(16)4-5-8(11)13(18)19/h1-6,17H,16H2,(H,18,19). The number of hydrogen-bond donors (Lipinski definition) is 3. The number of para-hydroxylation sites is 1. The number of benzene rings is 2. The van der Waals surface area contributed by atoms with Crippen LogP contribution in [0.3, 0.4) is 0 Å². The zero-order chi connectivity index (χ0) is 14.0. The van der Waals surface area contributed by atoms with Gasteiger partial charge in [-0.05, 0) is 62.2 Å². The van der Waals surface area contributed by atoms with Gasteiger partial charge < -0.3 is 16.2 Å². The Hall–Kier alpha value is -1.53. The number of nitrogens with one attached hydrogen (secondary N) is 1. The van der Waals surface area contributed by atoms with Crippen LogP contribution < -0.4 is 11.1 Å². The van der Waals surface area contributed by atoms with E-state index in [0.29, 0.717) is 11.4 Å². The minimum atomic E-state index is -1.01. The number of nitrogens with two attached hydrogens (primary N) is 1. The predicted molar refractivity (Wildman–Crippen MR) is 82.9 cm³/mol. The van der Waals surface area contributed by atoms with Crippen LogP contribution in [0.4, 0.5) is 17.1 Å². The molecule has 0 aliphatic carbocycles. The van der Waals surface area contributed by atoms with Gasteiger partial charge in [-0.15, -0.1) is 0 Å². The minimum Gasteiger partial charge on any atom is -0.478 e. The number of hydrogen-bond acceptors (Lipinski definition) is 3. The lowest BCUT2D eigenvalue weighted by atomic mass is 10.1. The van der Waals surface area contributed by atoms with Gasteiger partial charge in [0.05, 0.1) is 16.9 Å². The SMILES string of the molecule is Nc1ccc(C(=O)O)c(Nc2c(Br)cccc2Br)c1. The van der Waals surface area contributed by atoms with Gasteiger partial charge in [-0.25, -0.2) is 4.79 Å². The number of rotatable bonds is 3. The average Bonchev–Trinajstić information content (AvgIpc) is 2.33. The fourth-order valence-corrected chi connectivity index (χ4v) is 2.80. The highest BCUT2D eigenvalue weighted by molar-refractivity contribution is 9.11. The molecule has 0 bridgehead atoms. The van der Waals surface area contributed by atoms with Gasteiger partial charge in [0.2, 0.25) is 0 Å². The summed E-state index contributed by atoms with van der Waals surface area (Å²) < 4.78 is 1.64. The third-order valence-electron chi connectivity index (χ3n) is 2.50. The Morgan fingerprint density at radius 1 is 1.16 bits per heavy atom. The summed E-state index contributed by atoms with van der Waals surface area (Å²) in [5.74, 6) is -1.01. The number of carbonyl (C=O) groups is 1. The molecule has 4 nitrogen and oxygen atoms in total. The molecule has 0 spiro atoms. The van der Waals surface area contributed by atoms with Crippen LogP contribution in [0, 0.1) is 0 Å². The van der Waals surface area contributed by atoms with Gasteiger partial charge in [-0.1, -0.05) is 6.07 Å². The molecule has 0 fully saturated rings. The summed E-state index contributed by atoms with van der Waals surface area (Å²) in [4.78, 5) is 11.2. The molecular formula is C13H10Br2N2O2. The molecule has 0 aliphatic rings. The van der Waals surface area contributed by atoms with Crippen molar-refractivity contribution in [1.82, 2.24) is 0 Å². The summed E-state index contributed by atoms with van der Waals surface area (Å²) in [7, 11) is 0. The molecule has 0 heterocycles. The maximum Gasteiger partial charge on any atom is 0.337 e. The number of halogens is 2. The molecule has 2 aromatic rings. The summed E-state index contributed by atoms with van der Waals surface area (Å²) in [6, 6.07) is 10.2. The second-order valence-electron chi connectivity index (χ2n) is 3.83. The molecule has 4 N–H and O–H groups in total. The number of aromatic carboxylic acids is 1. The van der Waals surface area contributed by atoms with Crippen LogP contribution in [0.1, 0.15) is 10.4 Å². The van der Waals surface area contributed by atoms with Crippen LogP contribution in [0.25, 0.3) is 0 Å². The first kappa shape index (κ1) is 13.9. The van der Waals surface area contributed by atoms with E-state index in [9.17, 15) is 4.79 Å². The van der Waals surface area contributed by atoms with Crippen molar-refractivity contribution in [2.45, 2.75) is 0 Å². The molecule has 0 saturated heterocycles. The molecule has 2 rings (SSSR count). The maximum absolute atomic E-state index is 11.2. The summed E-state index contributed by atoms with van der Waals surface area (Å²) in [6.07, 6.45) is 0. The van der Waals surface area contributed by atoms with Crippen LogP contribution in [-0.4, -0.2) is 11.1 Å². The Balaban J connectivity index is 2.49. The van der Waals surface area contributed by atoms with Crippen molar-refractivity contribution in [3.05, 3.63) is 50.9 Å². The van der Waals surface area contributed by atoms with Gasteiger partial charge in [0.1, 0.15) is 0 Å². The average molecular weight is 386 g/mol. The topological polar surface area (TPSA) is 75.4 Å². The van der Waals surface area contributed by atoms with Crippen molar-refractivity contribution >= 4 is 54.9 Å². The molecule has 0 aliphatic heterocycles. The Bertz CT molecular complexity index is 624. The molecule has 0 saturated carbocycles. The molecule has 0 atom stereocenters. The largest absolute Gasteiger partial charge is 0.478 e. The molecule has 0 aromatic heterocycles. The van der Waals surface area contributed by atoms with E-state index in [0.717, 1.165) is 14.6 Å². The van der Waals surface area contributed by atoms with Crippen molar-refractivity contribution < 1.29 is 9.90 Å².